The fraction of sp³-hybridized carbons (Fsp3) is 0.167. The van der Waals surface area contributed by atoms with Crippen molar-refractivity contribution in [3.05, 3.63) is 23.8 Å². The minimum Gasteiger partial charge on any atom is -0.384 e. The quantitative estimate of drug-likeness (QED) is 0.379. The average molecular weight is 108 g/mol. The van der Waals surface area contributed by atoms with E-state index in [0.717, 1.165) is 12.0 Å². The van der Waals surface area contributed by atoms with Gasteiger partial charge in [-0.3, -0.25) is 5.41 Å². The lowest BCUT2D eigenvalue weighted by molar-refractivity contribution is 1.30. The van der Waals surface area contributed by atoms with E-state index in [1.165, 1.54) is 0 Å². The first-order chi connectivity index (χ1) is 3.80. The molecule has 0 unspecified atom stereocenters. The van der Waals surface area contributed by atoms with E-state index in [4.69, 9.17) is 11.1 Å². The molecule has 0 aromatic rings. The van der Waals surface area contributed by atoms with E-state index < -0.39 is 0 Å². The summed E-state index contributed by atoms with van der Waals surface area (Å²) in [5, 5.41) is 6.96. The molecular weight excluding hydrogens is 100 g/mol. The summed E-state index contributed by atoms with van der Waals surface area (Å²) in [5.41, 5.74) is 6.09. The molecule has 0 aromatic heterocycles. The molecular formula is C6H8N2. The minimum absolute atomic E-state index is 0.190. The molecule has 2 heteroatoms. The lowest BCUT2D eigenvalue weighted by atomic mass is 10.2. The number of allylic oxidation sites excluding steroid dienone is 3. The molecule has 0 atom stereocenters. The van der Waals surface area contributed by atoms with E-state index in [0.29, 0.717) is 0 Å². The number of nitrogens with one attached hydrogen (secondary N) is 1. The molecule has 0 bridgehead atoms. The van der Waals surface area contributed by atoms with Crippen LogP contribution in [0.3, 0.4) is 0 Å². The molecule has 8 heavy (non-hydrogen) atoms. The van der Waals surface area contributed by atoms with Crippen molar-refractivity contribution in [2.75, 3.05) is 0 Å². The largest absolute Gasteiger partial charge is 0.384 e. The predicted molar refractivity (Wildman–Crippen MR) is 33.8 cm³/mol. The molecule has 0 spiro atoms. The molecule has 0 aromatic carbocycles. The van der Waals surface area contributed by atoms with Crippen LogP contribution in [0.5, 0.6) is 0 Å². The van der Waals surface area contributed by atoms with E-state index in [2.05, 4.69) is 0 Å². The molecule has 42 valence electrons. The Morgan fingerprint density at radius 2 is 2.50 bits per heavy atom. The smallest absolute Gasteiger partial charge is 0.118 e. The zero-order valence-electron chi connectivity index (χ0n) is 4.52. The second kappa shape index (κ2) is 1.82. The normalized spacial score (nSPS) is 16.2. The Kier molecular flexibility index (Phi) is 1.16. The van der Waals surface area contributed by atoms with Gasteiger partial charge in [-0.1, -0.05) is 18.2 Å². The first-order valence-electron chi connectivity index (χ1n) is 2.51. The van der Waals surface area contributed by atoms with Gasteiger partial charge in [-0.2, -0.15) is 0 Å². The predicted octanol–water partition coefficient (Wildman–Crippen LogP) is 0.809. The van der Waals surface area contributed by atoms with Gasteiger partial charge in [0.25, 0.3) is 0 Å². The van der Waals surface area contributed by atoms with Crippen molar-refractivity contribution in [3.8, 4) is 0 Å². The molecule has 0 heterocycles. The molecule has 0 radical (unpaired) electrons. The van der Waals surface area contributed by atoms with Crippen LogP contribution in [0.1, 0.15) is 6.42 Å². The molecule has 0 saturated heterocycles. The van der Waals surface area contributed by atoms with Crippen LogP contribution in [-0.2, 0) is 0 Å². The number of hydrogen-bond acceptors (Lipinski definition) is 1. The average Bonchev–Trinajstić information content (AvgIpc) is 2.12. The zero-order valence-corrected chi connectivity index (χ0v) is 4.52. The molecule has 0 aliphatic heterocycles. The monoisotopic (exact) mass is 108 g/mol. The van der Waals surface area contributed by atoms with Gasteiger partial charge < -0.3 is 5.73 Å². The van der Waals surface area contributed by atoms with Gasteiger partial charge in [-0.25, -0.2) is 0 Å². The number of amidine groups is 1. The molecule has 1 rings (SSSR count). The van der Waals surface area contributed by atoms with Gasteiger partial charge in [0.05, 0.1) is 0 Å². The fourth-order valence-electron chi connectivity index (χ4n) is 0.647. The van der Waals surface area contributed by atoms with Crippen LogP contribution in [0.25, 0.3) is 0 Å². The Labute approximate surface area is 48.2 Å². The summed E-state index contributed by atoms with van der Waals surface area (Å²) >= 11 is 0. The first kappa shape index (κ1) is 5.09. The highest BCUT2D eigenvalue weighted by molar-refractivity contribution is 5.95. The number of nitrogens with two attached hydrogens (primary N) is 1. The van der Waals surface area contributed by atoms with Gasteiger partial charge in [0.2, 0.25) is 0 Å². The number of rotatable bonds is 1. The molecule has 0 fully saturated rings. The second-order valence-electron chi connectivity index (χ2n) is 1.74. The van der Waals surface area contributed by atoms with E-state index in [1.54, 1.807) is 0 Å². The van der Waals surface area contributed by atoms with Crippen LogP contribution in [-0.4, -0.2) is 5.84 Å². The van der Waals surface area contributed by atoms with Crippen molar-refractivity contribution in [1.29, 1.82) is 5.41 Å². The van der Waals surface area contributed by atoms with Gasteiger partial charge in [0, 0.05) is 0 Å². The summed E-state index contributed by atoms with van der Waals surface area (Å²) in [5.74, 6) is 0.190. The summed E-state index contributed by atoms with van der Waals surface area (Å²) in [6, 6.07) is 0. The Balaban J connectivity index is 2.64. The summed E-state index contributed by atoms with van der Waals surface area (Å²) in [6.45, 7) is 0. The van der Waals surface area contributed by atoms with Crippen LogP contribution in [0, 0.1) is 5.41 Å². The maximum Gasteiger partial charge on any atom is 0.118 e. The third-order valence-electron chi connectivity index (χ3n) is 1.12. The Morgan fingerprint density at radius 1 is 1.75 bits per heavy atom. The molecule has 3 N–H and O–H groups in total. The van der Waals surface area contributed by atoms with Gasteiger partial charge >= 0.3 is 0 Å². The van der Waals surface area contributed by atoms with Gasteiger partial charge in [-0.15, -0.1) is 0 Å². The van der Waals surface area contributed by atoms with Crippen molar-refractivity contribution in [3.63, 3.8) is 0 Å². The summed E-state index contributed by atoms with van der Waals surface area (Å²) < 4.78 is 0. The Bertz CT molecular complexity index is 165. The molecule has 1 aliphatic carbocycles. The van der Waals surface area contributed by atoms with Crippen LogP contribution in [0.4, 0.5) is 0 Å². The van der Waals surface area contributed by atoms with Crippen molar-refractivity contribution in [2.45, 2.75) is 6.42 Å². The summed E-state index contributed by atoms with van der Waals surface area (Å²) in [7, 11) is 0. The summed E-state index contributed by atoms with van der Waals surface area (Å²) in [6.07, 6.45) is 6.59. The standard InChI is InChI=1S/C6H8N2/c7-6(8)5-3-1-2-4-5/h1-3H,4H2,(H3,7,8). The lowest BCUT2D eigenvalue weighted by Crippen LogP contribution is -2.10. The van der Waals surface area contributed by atoms with Crippen molar-refractivity contribution in [2.24, 2.45) is 5.73 Å². The maximum atomic E-state index is 6.96. The second-order valence-corrected chi connectivity index (χ2v) is 1.74. The van der Waals surface area contributed by atoms with E-state index in [9.17, 15) is 0 Å². The zero-order chi connectivity index (χ0) is 5.98. The van der Waals surface area contributed by atoms with Crippen LogP contribution < -0.4 is 5.73 Å². The van der Waals surface area contributed by atoms with Gasteiger partial charge in [0.15, 0.2) is 0 Å². The SMILES string of the molecule is N=C(N)C1=CC=CC1. The first-order valence-corrected chi connectivity index (χ1v) is 2.51. The van der Waals surface area contributed by atoms with E-state index in [1.807, 2.05) is 18.2 Å². The minimum atomic E-state index is 0.190. The third-order valence-corrected chi connectivity index (χ3v) is 1.12. The molecule has 0 saturated carbocycles. The van der Waals surface area contributed by atoms with Crippen molar-refractivity contribution < 1.29 is 0 Å². The van der Waals surface area contributed by atoms with Crippen molar-refractivity contribution >= 4 is 5.84 Å². The third kappa shape index (κ3) is 0.780. The van der Waals surface area contributed by atoms with Crippen LogP contribution in [0.2, 0.25) is 0 Å². The van der Waals surface area contributed by atoms with Gasteiger partial charge in [-0.05, 0) is 12.0 Å². The summed E-state index contributed by atoms with van der Waals surface area (Å²) in [4.78, 5) is 0. The molecule has 0 amide bonds. The van der Waals surface area contributed by atoms with Crippen LogP contribution >= 0.6 is 0 Å². The Morgan fingerprint density at radius 3 is 2.75 bits per heavy atom. The van der Waals surface area contributed by atoms with Crippen molar-refractivity contribution in [1.82, 2.24) is 0 Å². The maximum absolute atomic E-state index is 6.96. The molecule has 1 aliphatic rings. The van der Waals surface area contributed by atoms with E-state index in [-0.39, 0.29) is 5.84 Å². The highest BCUT2D eigenvalue weighted by atomic mass is 14.7. The molecule has 2 nitrogen and oxygen atoms in total. The lowest BCUT2D eigenvalue weighted by Gasteiger charge is -1.92. The Hall–Kier alpha value is -1.05. The fourth-order valence-corrected chi connectivity index (χ4v) is 0.647. The number of hydrogen-bond donors (Lipinski definition) is 2. The highest BCUT2D eigenvalue weighted by Crippen LogP contribution is 2.08. The topological polar surface area (TPSA) is 49.9 Å². The van der Waals surface area contributed by atoms with Crippen LogP contribution in [0.15, 0.2) is 23.8 Å². The highest BCUT2D eigenvalue weighted by Gasteiger charge is 1.99. The van der Waals surface area contributed by atoms with Gasteiger partial charge in [0.1, 0.15) is 5.84 Å². The van der Waals surface area contributed by atoms with E-state index >= 15 is 0 Å².